The minimum Gasteiger partial charge on any atom is -0.324 e. The summed E-state index contributed by atoms with van der Waals surface area (Å²) in [6.45, 7) is 3.45. The van der Waals surface area contributed by atoms with Crippen molar-refractivity contribution in [2.75, 3.05) is 5.32 Å². The van der Waals surface area contributed by atoms with E-state index in [4.69, 9.17) is 11.6 Å². The summed E-state index contributed by atoms with van der Waals surface area (Å²) in [4.78, 5) is 27.7. The van der Waals surface area contributed by atoms with Crippen molar-refractivity contribution in [2.24, 2.45) is 0 Å². The molecular weight excluding hydrogens is 300 g/mol. The number of carbonyl (C=O) groups is 2. The first-order chi connectivity index (χ1) is 10.5. The maximum atomic E-state index is 12.1. The van der Waals surface area contributed by atoms with Crippen LogP contribution < -0.4 is 5.32 Å². The lowest BCUT2D eigenvalue weighted by Gasteiger charge is -2.09. The van der Waals surface area contributed by atoms with Gasteiger partial charge in [-0.1, -0.05) is 36.7 Å². The van der Waals surface area contributed by atoms with Gasteiger partial charge in [0, 0.05) is 11.8 Å². The molecule has 0 bridgehead atoms. The molecule has 1 amide bonds. The van der Waals surface area contributed by atoms with Crippen molar-refractivity contribution in [3.05, 3.63) is 58.4 Å². The number of nitrogens with zero attached hydrogens (tertiary/aromatic N) is 1. The number of ketones is 1. The zero-order valence-electron chi connectivity index (χ0n) is 12.5. The molecule has 22 heavy (non-hydrogen) atoms. The van der Waals surface area contributed by atoms with Crippen molar-refractivity contribution in [1.82, 2.24) is 4.98 Å². The van der Waals surface area contributed by atoms with Gasteiger partial charge in [0.1, 0.15) is 0 Å². The van der Waals surface area contributed by atoms with E-state index < -0.39 is 0 Å². The van der Waals surface area contributed by atoms with E-state index >= 15 is 0 Å². The Hall–Kier alpha value is -2.20. The summed E-state index contributed by atoms with van der Waals surface area (Å²) in [6, 6.07) is 8.72. The number of aromatic nitrogens is 1. The van der Waals surface area contributed by atoms with E-state index in [0.717, 1.165) is 11.3 Å². The number of aryl methyl sites for hydroxylation is 1. The molecule has 2 aromatic rings. The van der Waals surface area contributed by atoms with Crippen LogP contribution in [0.2, 0.25) is 5.02 Å². The number of hydrogen-bond acceptors (Lipinski definition) is 3. The standard InChI is InChI=1S/C17H17ClN2O2/c1-3-14-17(18)15(7-8-19-14)20-16(22)10-12-5-4-6-13(9-12)11(2)21/h4-9H,3,10H2,1-2H3,(H,19,20,22). The molecule has 0 radical (unpaired) electrons. The second kappa shape index (κ2) is 7.18. The van der Waals surface area contributed by atoms with Crippen LogP contribution in [0.15, 0.2) is 36.5 Å². The normalized spacial score (nSPS) is 10.3. The predicted octanol–water partition coefficient (Wildman–Crippen LogP) is 3.68. The van der Waals surface area contributed by atoms with Gasteiger partial charge in [0.15, 0.2) is 5.78 Å². The number of carbonyl (C=O) groups excluding carboxylic acids is 2. The largest absolute Gasteiger partial charge is 0.324 e. The maximum absolute atomic E-state index is 12.1. The number of benzene rings is 1. The van der Waals surface area contributed by atoms with Gasteiger partial charge in [0.05, 0.1) is 22.8 Å². The summed E-state index contributed by atoms with van der Waals surface area (Å²) in [5.74, 6) is -0.206. The van der Waals surface area contributed by atoms with Crippen LogP contribution in [-0.2, 0) is 17.6 Å². The second-order valence-electron chi connectivity index (χ2n) is 4.95. The third-order valence-electron chi connectivity index (χ3n) is 3.27. The lowest BCUT2D eigenvalue weighted by molar-refractivity contribution is -0.115. The van der Waals surface area contributed by atoms with Crippen LogP contribution in [-0.4, -0.2) is 16.7 Å². The van der Waals surface area contributed by atoms with Crippen molar-refractivity contribution >= 4 is 29.0 Å². The summed E-state index contributed by atoms with van der Waals surface area (Å²) in [5, 5.41) is 3.25. The highest BCUT2D eigenvalue weighted by Crippen LogP contribution is 2.24. The molecule has 1 heterocycles. The molecule has 0 saturated carbocycles. The summed E-state index contributed by atoms with van der Waals surface area (Å²) < 4.78 is 0. The van der Waals surface area contributed by atoms with E-state index in [1.807, 2.05) is 13.0 Å². The van der Waals surface area contributed by atoms with Crippen LogP contribution in [0.3, 0.4) is 0 Å². The van der Waals surface area contributed by atoms with Crippen molar-refractivity contribution in [1.29, 1.82) is 0 Å². The zero-order chi connectivity index (χ0) is 16.1. The molecule has 0 atom stereocenters. The Morgan fingerprint density at radius 3 is 2.73 bits per heavy atom. The van der Waals surface area contributed by atoms with Crippen molar-refractivity contribution < 1.29 is 9.59 Å². The minimum atomic E-state index is -0.184. The molecule has 4 nitrogen and oxygen atoms in total. The Balaban J connectivity index is 2.11. The quantitative estimate of drug-likeness (QED) is 0.856. The van der Waals surface area contributed by atoms with Gasteiger partial charge in [-0.2, -0.15) is 0 Å². The molecule has 1 aromatic heterocycles. The predicted molar refractivity (Wildman–Crippen MR) is 87.4 cm³/mol. The highest BCUT2D eigenvalue weighted by molar-refractivity contribution is 6.34. The van der Waals surface area contributed by atoms with Crippen LogP contribution in [0.4, 0.5) is 5.69 Å². The van der Waals surface area contributed by atoms with Crippen LogP contribution >= 0.6 is 11.6 Å². The zero-order valence-corrected chi connectivity index (χ0v) is 13.3. The Labute approximate surface area is 134 Å². The van der Waals surface area contributed by atoms with E-state index in [1.165, 1.54) is 6.92 Å². The molecule has 1 N–H and O–H groups in total. The molecule has 0 aliphatic carbocycles. The maximum Gasteiger partial charge on any atom is 0.228 e. The Morgan fingerprint density at radius 1 is 1.27 bits per heavy atom. The Bertz CT molecular complexity index is 714. The van der Waals surface area contributed by atoms with Gasteiger partial charge < -0.3 is 5.32 Å². The van der Waals surface area contributed by atoms with E-state index in [1.54, 1.807) is 30.5 Å². The van der Waals surface area contributed by atoms with Gasteiger partial charge >= 0.3 is 0 Å². The lowest BCUT2D eigenvalue weighted by atomic mass is 10.1. The van der Waals surface area contributed by atoms with Crippen LogP contribution in [0.1, 0.15) is 35.5 Å². The number of amides is 1. The Kier molecular flexibility index (Phi) is 5.28. The van der Waals surface area contributed by atoms with Crippen molar-refractivity contribution in [2.45, 2.75) is 26.7 Å². The van der Waals surface area contributed by atoms with E-state index in [0.29, 0.717) is 22.7 Å². The SMILES string of the molecule is CCc1nccc(NC(=O)Cc2cccc(C(C)=O)c2)c1Cl. The third kappa shape index (κ3) is 3.92. The second-order valence-corrected chi connectivity index (χ2v) is 5.33. The van der Waals surface area contributed by atoms with Gasteiger partial charge in [-0.3, -0.25) is 14.6 Å². The molecule has 5 heteroatoms. The number of rotatable bonds is 5. The average molecular weight is 317 g/mol. The number of halogens is 1. The number of anilines is 1. The topological polar surface area (TPSA) is 59.1 Å². The summed E-state index contributed by atoms with van der Waals surface area (Å²) in [7, 11) is 0. The molecule has 0 unspecified atom stereocenters. The van der Waals surface area contributed by atoms with Crippen LogP contribution in [0.5, 0.6) is 0 Å². The average Bonchev–Trinajstić information content (AvgIpc) is 2.49. The lowest BCUT2D eigenvalue weighted by Crippen LogP contribution is -2.15. The fourth-order valence-electron chi connectivity index (χ4n) is 2.11. The van der Waals surface area contributed by atoms with E-state index in [2.05, 4.69) is 10.3 Å². The van der Waals surface area contributed by atoms with E-state index in [-0.39, 0.29) is 18.1 Å². The summed E-state index contributed by atoms with van der Waals surface area (Å²) in [5.41, 5.74) is 2.69. The highest BCUT2D eigenvalue weighted by atomic mass is 35.5. The fourth-order valence-corrected chi connectivity index (χ4v) is 2.40. The van der Waals surface area contributed by atoms with Crippen molar-refractivity contribution in [3.8, 4) is 0 Å². The van der Waals surface area contributed by atoms with E-state index in [9.17, 15) is 9.59 Å². The number of hydrogen-bond donors (Lipinski definition) is 1. The highest BCUT2D eigenvalue weighted by Gasteiger charge is 2.10. The smallest absolute Gasteiger partial charge is 0.228 e. The fraction of sp³-hybridized carbons (Fsp3) is 0.235. The first-order valence-corrected chi connectivity index (χ1v) is 7.42. The monoisotopic (exact) mass is 316 g/mol. The molecular formula is C17H17ClN2O2. The number of pyridine rings is 1. The Morgan fingerprint density at radius 2 is 2.05 bits per heavy atom. The van der Waals surface area contributed by atoms with Gasteiger partial charge in [0.2, 0.25) is 5.91 Å². The molecule has 0 aliphatic rings. The van der Waals surface area contributed by atoms with Crippen LogP contribution in [0.25, 0.3) is 0 Å². The molecule has 0 saturated heterocycles. The molecule has 0 aliphatic heterocycles. The van der Waals surface area contributed by atoms with Gasteiger partial charge in [0.25, 0.3) is 0 Å². The molecule has 2 rings (SSSR count). The first-order valence-electron chi connectivity index (χ1n) is 7.04. The molecule has 114 valence electrons. The third-order valence-corrected chi connectivity index (χ3v) is 3.69. The first kappa shape index (κ1) is 16.2. The molecule has 0 spiro atoms. The number of nitrogens with one attached hydrogen (secondary N) is 1. The van der Waals surface area contributed by atoms with Gasteiger partial charge in [-0.05, 0) is 31.0 Å². The van der Waals surface area contributed by atoms with Crippen molar-refractivity contribution in [3.63, 3.8) is 0 Å². The number of Topliss-reactive ketones (excluding diaryl/α,β-unsaturated/α-hetero) is 1. The van der Waals surface area contributed by atoms with Gasteiger partial charge in [-0.25, -0.2) is 0 Å². The summed E-state index contributed by atoms with van der Waals surface area (Å²) >= 11 is 6.20. The minimum absolute atomic E-state index is 0.0213. The van der Waals surface area contributed by atoms with Gasteiger partial charge in [-0.15, -0.1) is 0 Å². The summed E-state index contributed by atoms with van der Waals surface area (Å²) in [6.07, 6.45) is 2.50. The molecule has 0 fully saturated rings. The van der Waals surface area contributed by atoms with Crippen LogP contribution in [0, 0.1) is 0 Å². The molecule has 1 aromatic carbocycles.